The molecule has 0 saturated heterocycles. The Bertz CT molecular complexity index is 1240. The van der Waals surface area contributed by atoms with Gasteiger partial charge in [0, 0.05) is 10.0 Å². The molecule has 3 N–H and O–H groups in total. The number of aromatic amines is 1. The molecule has 3 aromatic rings. The third-order valence-electron chi connectivity index (χ3n) is 4.46. The van der Waals surface area contributed by atoms with E-state index < -0.39 is 23.0 Å². The topological polar surface area (TPSA) is 117 Å². The Hall–Kier alpha value is -3.46. The first kappa shape index (κ1) is 21.3. The van der Waals surface area contributed by atoms with Gasteiger partial charge in [0.05, 0.1) is 11.9 Å². The third kappa shape index (κ3) is 4.41. The van der Waals surface area contributed by atoms with Crippen molar-refractivity contribution in [3.8, 4) is 11.6 Å². The first-order valence-electron chi connectivity index (χ1n) is 9.09. The summed E-state index contributed by atoms with van der Waals surface area (Å²) < 4.78 is 1.82. The lowest BCUT2D eigenvalue weighted by molar-refractivity contribution is 0.0955. The molecule has 9 heteroatoms. The summed E-state index contributed by atoms with van der Waals surface area (Å²) in [6.07, 6.45) is 1.59. The molecule has 0 saturated carbocycles. The largest absolute Gasteiger partial charge is 0.493 e. The molecule has 0 aliphatic heterocycles. The summed E-state index contributed by atoms with van der Waals surface area (Å²) in [5.41, 5.74) is 3.04. The average molecular weight is 471 g/mol. The molecule has 30 heavy (non-hydrogen) atoms. The summed E-state index contributed by atoms with van der Waals surface area (Å²) in [6.45, 7) is 3.81. The molecule has 154 valence electrons. The highest BCUT2D eigenvalue weighted by Gasteiger charge is 2.16. The number of aromatic hydroxyl groups is 1. The average Bonchev–Trinajstić information content (AvgIpc) is 2.71. The van der Waals surface area contributed by atoms with Crippen LogP contribution < -0.4 is 16.7 Å². The molecule has 0 aliphatic carbocycles. The van der Waals surface area contributed by atoms with E-state index in [1.54, 1.807) is 36.4 Å². The van der Waals surface area contributed by atoms with Gasteiger partial charge in [0.1, 0.15) is 5.56 Å². The Morgan fingerprint density at radius 1 is 1.23 bits per heavy atom. The van der Waals surface area contributed by atoms with E-state index in [0.717, 1.165) is 26.4 Å². The van der Waals surface area contributed by atoms with Gasteiger partial charge in [-0.1, -0.05) is 40.5 Å². The van der Waals surface area contributed by atoms with Crippen LogP contribution in [0.15, 0.2) is 61.6 Å². The number of carbonyl (C=O) groups is 1. The Labute approximate surface area is 180 Å². The minimum atomic E-state index is -0.822. The van der Waals surface area contributed by atoms with E-state index in [1.165, 1.54) is 0 Å². The van der Waals surface area contributed by atoms with E-state index in [9.17, 15) is 19.5 Å². The number of aromatic nitrogens is 2. The molecule has 0 aliphatic rings. The maximum atomic E-state index is 12.4. The molecule has 1 heterocycles. The van der Waals surface area contributed by atoms with Gasteiger partial charge in [0.15, 0.2) is 0 Å². The first-order chi connectivity index (χ1) is 14.3. The molecule has 3 rings (SSSR count). The zero-order valence-corrected chi connectivity index (χ0v) is 17.9. The number of hydrogen-bond acceptors (Lipinski definition) is 5. The third-order valence-corrected chi connectivity index (χ3v) is 4.95. The van der Waals surface area contributed by atoms with Gasteiger partial charge in [-0.05, 0) is 49.2 Å². The standard InChI is InChI=1S/C21H19BrN4O4/c1-3-13-10-15(22)8-9-17(13)26-20(29)16(19(28)24-21(26)30)11-23-25-18(27)14-6-4-12(2)5-7-14/h4-11,29H,3H2,1-2H3,(H,25,27)(H,24,28,30). The molecule has 0 unspecified atom stereocenters. The normalized spacial score (nSPS) is 11.0. The van der Waals surface area contributed by atoms with E-state index in [-0.39, 0.29) is 5.56 Å². The molecule has 0 spiro atoms. The van der Waals surface area contributed by atoms with Crippen LogP contribution in [-0.4, -0.2) is 26.8 Å². The zero-order valence-electron chi connectivity index (χ0n) is 16.3. The van der Waals surface area contributed by atoms with Crippen LogP contribution in [0.2, 0.25) is 0 Å². The fourth-order valence-electron chi connectivity index (χ4n) is 2.86. The minimum absolute atomic E-state index is 0.260. The number of nitrogens with one attached hydrogen (secondary N) is 2. The van der Waals surface area contributed by atoms with Crippen molar-refractivity contribution in [2.45, 2.75) is 20.3 Å². The lowest BCUT2D eigenvalue weighted by atomic mass is 10.1. The fraction of sp³-hybridized carbons (Fsp3) is 0.143. The number of benzene rings is 2. The molecule has 1 aromatic heterocycles. The highest BCUT2D eigenvalue weighted by Crippen LogP contribution is 2.23. The predicted molar refractivity (Wildman–Crippen MR) is 118 cm³/mol. The van der Waals surface area contributed by atoms with Crippen LogP contribution in [0.4, 0.5) is 0 Å². The summed E-state index contributed by atoms with van der Waals surface area (Å²) in [5, 5.41) is 14.4. The maximum absolute atomic E-state index is 12.4. The number of H-pyrrole nitrogens is 1. The smallest absolute Gasteiger partial charge is 0.335 e. The van der Waals surface area contributed by atoms with Crippen LogP contribution in [0.5, 0.6) is 5.88 Å². The quantitative estimate of drug-likeness (QED) is 0.392. The van der Waals surface area contributed by atoms with Crippen molar-refractivity contribution in [2.24, 2.45) is 5.10 Å². The Kier molecular flexibility index (Phi) is 6.31. The van der Waals surface area contributed by atoms with Crippen LogP contribution in [0.1, 0.15) is 34.0 Å². The lowest BCUT2D eigenvalue weighted by Crippen LogP contribution is -2.32. The Morgan fingerprint density at radius 3 is 2.60 bits per heavy atom. The molecule has 0 atom stereocenters. The number of aryl methyl sites for hydroxylation is 2. The molecule has 0 radical (unpaired) electrons. The second kappa shape index (κ2) is 8.91. The minimum Gasteiger partial charge on any atom is -0.493 e. The Balaban J connectivity index is 1.97. The van der Waals surface area contributed by atoms with Crippen LogP contribution in [0.3, 0.4) is 0 Å². The van der Waals surface area contributed by atoms with Crippen molar-refractivity contribution < 1.29 is 9.90 Å². The number of hydrogen-bond donors (Lipinski definition) is 3. The number of rotatable bonds is 5. The summed E-state index contributed by atoms with van der Waals surface area (Å²) in [6, 6.07) is 12.1. The van der Waals surface area contributed by atoms with Gasteiger partial charge in [-0.3, -0.25) is 14.6 Å². The summed E-state index contributed by atoms with van der Waals surface area (Å²) >= 11 is 3.37. The predicted octanol–water partition coefficient (Wildman–Crippen LogP) is 2.63. The van der Waals surface area contributed by atoms with E-state index in [1.807, 2.05) is 19.9 Å². The number of hydrazone groups is 1. The zero-order chi connectivity index (χ0) is 21.8. The van der Waals surface area contributed by atoms with Gasteiger partial charge in [0.25, 0.3) is 11.5 Å². The molecule has 0 fully saturated rings. The van der Waals surface area contributed by atoms with Gasteiger partial charge in [-0.25, -0.2) is 14.8 Å². The molecule has 8 nitrogen and oxygen atoms in total. The monoisotopic (exact) mass is 470 g/mol. The van der Waals surface area contributed by atoms with E-state index in [4.69, 9.17) is 0 Å². The summed E-state index contributed by atoms with van der Waals surface area (Å²) in [5.74, 6) is -1.05. The van der Waals surface area contributed by atoms with Crippen LogP contribution in [0.25, 0.3) is 5.69 Å². The second-order valence-corrected chi connectivity index (χ2v) is 7.44. The molecule has 1 amide bonds. The van der Waals surface area contributed by atoms with E-state index in [0.29, 0.717) is 17.7 Å². The van der Waals surface area contributed by atoms with Gasteiger partial charge in [-0.2, -0.15) is 5.10 Å². The Morgan fingerprint density at radius 2 is 1.93 bits per heavy atom. The molecular weight excluding hydrogens is 452 g/mol. The van der Waals surface area contributed by atoms with E-state index in [2.05, 4.69) is 31.4 Å². The highest BCUT2D eigenvalue weighted by molar-refractivity contribution is 9.10. The number of nitrogens with zero attached hydrogens (tertiary/aromatic N) is 2. The van der Waals surface area contributed by atoms with Crippen LogP contribution >= 0.6 is 15.9 Å². The number of halogens is 1. The second-order valence-electron chi connectivity index (χ2n) is 6.52. The van der Waals surface area contributed by atoms with Gasteiger partial charge in [0.2, 0.25) is 5.88 Å². The van der Waals surface area contributed by atoms with E-state index >= 15 is 0 Å². The molecule has 2 aromatic carbocycles. The number of carbonyl (C=O) groups excluding carboxylic acids is 1. The number of amides is 1. The van der Waals surface area contributed by atoms with Gasteiger partial charge in [-0.15, -0.1) is 0 Å². The first-order valence-corrected chi connectivity index (χ1v) is 9.88. The van der Waals surface area contributed by atoms with Crippen molar-refractivity contribution >= 4 is 28.1 Å². The van der Waals surface area contributed by atoms with Crippen molar-refractivity contribution in [1.82, 2.24) is 15.0 Å². The molecular formula is C21H19BrN4O4. The van der Waals surface area contributed by atoms with Crippen LogP contribution in [-0.2, 0) is 6.42 Å². The highest BCUT2D eigenvalue weighted by atomic mass is 79.9. The maximum Gasteiger partial charge on any atom is 0.335 e. The van der Waals surface area contributed by atoms with Crippen molar-refractivity contribution in [3.63, 3.8) is 0 Å². The van der Waals surface area contributed by atoms with Crippen molar-refractivity contribution in [1.29, 1.82) is 0 Å². The summed E-state index contributed by atoms with van der Waals surface area (Å²) in [4.78, 5) is 38.9. The van der Waals surface area contributed by atoms with Gasteiger partial charge < -0.3 is 5.11 Å². The van der Waals surface area contributed by atoms with Gasteiger partial charge >= 0.3 is 5.69 Å². The molecule has 0 bridgehead atoms. The fourth-order valence-corrected chi connectivity index (χ4v) is 3.27. The van der Waals surface area contributed by atoms with Crippen LogP contribution in [0, 0.1) is 6.92 Å². The van der Waals surface area contributed by atoms with Crippen molar-refractivity contribution in [2.75, 3.05) is 0 Å². The lowest BCUT2D eigenvalue weighted by Gasteiger charge is -2.13. The van der Waals surface area contributed by atoms with Crippen molar-refractivity contribution in [3.05, 3.63) is 90.0 Å². The SMILES string of the molecule is CCc1cc(Br)ccc1-n1c(O)c(C=NNC(=O)c2ccc(C)cc2)c(=O)[nH]c1=O. The summed E-state index contributed by atoms with van der Waals surface area (Å²) in [7, 11) is 0.